The number of esters is 1. The van der Waals surface area contributed by atoms with Crippen LogP contribution in [0.25, 0.3) is 0 Å². The SMILES string of the molecule is CCCN(CCC(C)(C)C(=O)OC)C1CCNC1.Cl. The molecule has 0 bridgehead atoms. The average molecular weight is 293 g/mol. The van der Waals surface area contributed by atoms with E-state index in [2.05, 4.69) is 17.1 Å². The van der Waals surface area contributed by atoms with Gasteiger partial charge in [0.15, 0.2) is 0 Å². The minimum Gasteiger partial charge on any atom is -0.469 e. The van der Waals surface area contributed by atoms with Gasteiger partial charge < -0.3 is 10.1 Å². The highest BCUT2D eigenvalue weighted by atomic mass is 35.5. The van der Waals surface area contributed by atoms with Gasteiger partial charge in [0.2, 0.25) is 0 Å². The van der Waals surface area contributed by atoms with Crippen LogP contribution in [-0.2, 0) is 9.53 Å². The van der Waals surface area contributed by atoms with E-state index in [-0.39, 0.29) is 23.8 Å². The zero-order chi connectivity index (χ0) is 13.6. The van der Waals surface area contributed by atoms with Gasteiger partial charge in [-0.05, 0) is 52.7 Å². The Balaban J connectivity index is 0.00000324. The molecule has 1 rings (SSSR count). The molecule has 0 spiro atoms. The number of halogens is 1. The maximum absolute atomic E-state index is 11.7. The molecule has 0 amide bonds. The molecule has 1 unspecified atom stereocenters. The van der Waals surface area contributed by atoms with Crippen LogP contribution in [0.15, 0.2) is 0 Å². The third-order valence-corrected chi connectivity index (χ3v) is 3.82. The monoisotopic (exact) mass is 292 g/mol. The molecule has 1 saturated heterocycles. The van der Waals surface area contributed by atoms with Gasteiger partial charge >= 0.3 is 5.97 Å². The number of carbonyl (C=O) groups is 1. The quantitative estimate of drug-likeness (QED) is 0.730. The Morgan fingerprint density at radius 2 is 2.11 bits per heavy atom. The number of rotatable bonds is 7. The molecule has 5 heteroatoms. The van der Waals surface area contributed by atoms with Crippen molar-refractivity contribution >= 4 is 18.4 Å². The zero-order valence-electron chi connectivity index (χ0n) is 12.7. The van der Waals surface area contributed by atoms with Crippen LogP contribution in [0, 0.1) is 5.41 Å². The van der Waals surface area contributed by atoms with Gasteiger partial charge in [-0.1, -0.05) is 6.92 Å². The summed E-state index contributed by atoms with van der Waals surface area (Å²) < 4.78 is 4.86. The second-order valence-electron chi connectivity index (χ2n) is 5.81. The van der Waals surface area contributed by atoms with Gasteiger partial charge in [0.1, 0.15) is 0 Å². The molecule has 1 heterocycles. The van der Waals surface area contributed by atoms with E-state index in [4.69, 9.17) is 4.74 Å². The van der Waals surface area contributed by atoms with Gasteiger partial charge in [-0.2, -0.15) is 0 Å². The van der Waals surface area contributed by atoms with Crippen molar-refractivity contribution in [2.45, 2.75) is 46.1 Å². The van der Waals surface area contributed by atoms with Crippen molar-refractivity contribution in [3.63, 3.8) is 0 Å². The Morgan fingerprint density at radius 3 is 2.58 bits per heavy atom. The molecule has 114 valence electrons. The molecule has 0 saturated carbocycles. The van der Waals surface area contributed by atoms with E-state index in [9.17, 15) is 4.79 Å². The molecule has 1 aliphatic heterocycles. The molecular formula is C14H29ClN2O2. The largest absolute Gasteiger partial charge is 0.469 e. The first-order chi connectivity index (χ1) is 8.51. The molecule has 0 aromatic carbocycles. The summed E-state index contributed by atoms with van der Waals surface area (Å²) in [5.41, 5.74) is -0.382. The Labute approximate surface area is 123 Å². The second kappa shape index (κ2) is 8.77. The molecular weight excluding hydrogens is 264 g/mol. The summed E-state index contributed by atoms with van der Waals surface area (Å²) in [6.45, 7) is 10.4. The first-order valence-electron chi connectivity index (χ1n) is 7.04. The van der Waals surface area contributed by atoms with Crippen molar-refractivity contribution in [3.8, 4) is 0 Å². The Bertz CT molecular complexity index is 266. The van der Waals surface area contributed by atoms with Crippen molar-refractivity contribution < 1.29 is 9.53 Å². The van der Waals surface area contributed by atoms with Crippen molar-refractivity contribution in [1.29, 1.82) is 0 Å². The van der Waals surface area contributed by atoms with Gasteiger partial charge in [0.25, 0.3) is 0 Å². The van der Waals surface area contributed by atoms with E-state index in [0.29, 0.717) is 6.04 Å². The van der Waals surface area contributed by atoms with E-state index in [1.165, 1.54) is 13.5 Å². The van der Waals surface area contributed by atoms with Crippen LogP contribution in [0.2, 0.25) is 0 Å². The molecule has 1 N–H and O–H groups in total. The molecule has 1 atom stereocenters. The molecule has 1 fully saturated rings. The van der Waals surface area contributed by atoms with Crippen LogP contribution >= 0.6 is 12.4 Å². The highest BCUT2D eigenvalue weighted by molar-refractivity contribution is 5.85. The van der Waals surface area contributed by atoms with E-state index in [0.717, 1.165) is 39.0 Å². The number of carbonyl (C=O) groups excluding carboxylic acids is 1. The highest BCUT2D eigenvalue weighted by Crippen LogP contribution is 2.23. The van der Waals surface area contributed by atoms with Crippen LogP contribution in [-0.4, -0.2) is 50.2 Å². The standard InChI is InChI=1S/C14H28N2O2.ClH/c1-5-9-16(12-6-8-15-11-12)10-7-14(2,3)13(17)18-4;/h12,15H,5-11H2,1-4H3;1H. The molecule has 1 aliphatic rings. The summed E-state index contributed by atoms with van der Waals surface area (Å²) in [5.74, 6) is -0.108. The Kier molecular flexibility index (Phi) is 8.62. The summed E-state index contributed by atoms with van der Waals surface area (Å²) in [5, 5.41) is 3.41. The van der Waals surface area contributed by atoms with Gasteiger partial charge in [0.05, 0.1) is 12.5 Å². The topological polar surface area (TPSA) is 41.6 Å². The normalized spacial score (nSPS) is 19.3. The lowest BCUT2D eigenvalue weighted by Crippen LogP contribution is -2.40. The van der Waals surface area contributed by atoms with Crippen LogP contribution < -0.4 is 5.32 Å². The maximum atomic E-state index is 11.7. The lowest BCUT2D eigenvalue weighted by Gasteiger charge is -2.31. The first-order valence-corrected chi connectivity index (χ1v) is 7.04. The lowest BCUT2D eigenvalue weighted by molar-refractivity contribution is -0.151. The number of hydrogen-bond donors (Lipinski definition) is 1. The number of nitrogens with one attached hydrogen (secondary N) is 1. The number of ether oxygens (including phenoxy) is 1. The molecule has 0 aromatic heterocycles. The van der Waals surface area contributed by atoms with Gasteiger partial charge in [-0.3, -0.25) is 9.69 Å². The van der Waals surface area contributed by atoms with E-state index in [1.807, 2.05) is 13.8 Å². The number of methoxy groups -OCH3 is 1. The first kappa shape index (κ1) is 18.7. The highest BCUT2D eigenvalue weighted by Gasteiger charge is 2.30. The minimum atomic E-state index is -0.382. The van der Waals surface area contributed by atoms with Crippen LogP contribution in [0.3, 0.4) is 0 Å². The summed E-state index contributed by atoms with van der Waals surface area (Å²) in [4.78, 5) is 14.2. The fourth-order valence-electron chi connectivity index (χ4n) is 2.52. The fourth-order valence-corrected chi connectivity index (χ4v) is 2.52. The van der Waals surface area contributed by atoms with Crippen molar-refractivity contribution in [3.05, 3.63) is 0 Å². The van der Waals surface area contributed by atoms with Crippen molar-refractivity contribution in [2.75, 3.05) is 33.3 Å². The van der Waals surface area contributed by atoms with Crippen molar-refractivity contribution in [2.24, 2.45) is 5.41 Å². The molecule has 0 aliphatic carbocycles. The van der Waals surface area contributed by atoms with Gasteiger partial charge in [-0.25, -0.2) is 0 Å². The predicted octanol–water partition coefficient (Wildman–Crippen LogP) is 2.07. The van der Waals surface area contributed by atoms with Crippen LogP contribution in [0.4, 0.5) is 0 Å². The third kappa shape index (κ3) is 5.67. The van der Waals surface area contributed by atoms with Gasteiger partial charge in [-0.15, -0.1) is 12.4 Å². The fraction of sp³-hybridized carbons (Fsp3) is 0.929. The number of hydrogen-bond acceptors (Lipinski definition) is 4. The summed E-state index contributed by atoms with van der Waals surface area (Å²) in [7, 11) is 1.47. The number of nitrogens with zero attached hydrogens (tertiary/aromatic N) is 1. The predicted molar refractivity (Wildman–Crippen MR) is 80.8 cm³/mol. The molecule has 0 aromatic rings. The lowest BCUT2D eigenvalue weighted by atomic mass is 9.89. The van der Waals surface area contributed by atoms with Crippen molar-refractivity contribution in [1.82, 2.24) is 10.2 Å². The summed E-state index contributed by atoms with van der Waals surface area (Å²) in [6.07, 6.45) is 3.24. The smallest absolute Gasteiger partial charge is 0.311 e. The molecule has 4 nitrogen and oxygen atoms in total. The van der Waals surface area contributed by atoms with E-state index < -0.39 is 0 Å². The maximum Gasteiger partial charge on any atom is 0.311 e. The Morgan fingerprint density at radius 1 is 1.42 bits per heavy atom. The van der Waals surface area contributed by atoms with Crippen LogP contribution in [0.5, 0.6) is 0 Å². The van der Waals surface area contributed by atoms with E-state index >= 15 is 0 Å². The summed E-state index contributed by atoms with van der Waals surface area (Å²) >= 11 is 0. The zero-order valence-corrected chi connectivity index (χ0v) is 13.5. The van der Waals surface area contributed by atoms with Crippen LogP contribution in [0.1, 0.15) is 40.0 Å². The van der Waals surface area contributed by atoms with Gasteiger partial charge in [0, 0.05) is 12.6 Å². The molecule has 0 radical (unpaired) electrons. The Hall–Kier alpha value is -0.320. The van der Waals surface area contributed by atoms with E-state index in [1.54, 1.807) is 0 Å². The summed E-state index contributed by atoms with van der Waals surface area (Å²) in [6, 6.07) is 0.637. The molecule has 19 heavy (non-hydrogen) atoms. The third-order valence-electron chi connectivity index (χ3n) is 3.82. The minimum absolute atomic E-state index is 0. The second-order valence-corrected chi connectivity index (χ2v) is 5.81. The average Bonchev–Trinajstić information content (AvgIpc) is 2.87.